The van der Waals surface area contributed by atoms with Crippen LogP contribution in [-0.2, 0) is 0 Å². The number of rotatable bonds is 8. The minimum absolute atomic E-state index is 0.276. The Bertz CT molecular complexity index is 556. The summed E-state index contributed by atoms with van der Waals surface area (Å²) in [6.07, 6.45) is 4.86. The fourth-order valence-electron chi connectivity index (χ4n) is 2.61. The molecule has 21 heavy (non-hydrogen) atoms. The number of phenolic OH excluding ortho intramolecular Hbond substituents is 1. The second-order valence-corrected chi connectivity index (χ2v) is 5.74. The maximum atomic E-state index is 9.56. The fourth-order valence-corrected chi connectivity index (χ4v) is 2.61. The molecule has 4 nitrogen and oxygen atoms in total. The van der Waals surface area contributed by atoms with Crippen molar-refractivity contribution in [2.24, 2.45) is 0 Å². The molecule has 2 aromatic rings. The van der Waals surface area contributed by atoms with Crippen LogP contribution in [0.1, 0.15) is 58.3 Å². The van der Waals surface area contributed by atoms with Gasteiger partial charge in [-0.25, -0.2) is 4.98 Å². The summed E-state index contributed by atoms with van der Waals surface area (Å²) >= 11 is 0. The average Bonchev–Trinajstić information content (AvgIpc) is 2.89. The Morgan fingerprint density at radius 3 is 2.48 bits per heavy atom. The summed E-state index contributed by atoms with van der Waals surface area (Å²) in [7, 11) is 0. The standard InChI is InChI=1S/C17H27N3O/c1-4-6-10-20(11-7-5-2)13(3)17-18-15-9-8-14(21)12-16(15)19-17/h8-9,12-13,21H,4-7,10-11H2,1-3H3,(H,18,19). The number of hydrogen-bond donors (Lipinski definition) is 2. The second kappa shape index (κ2) is 7.46. The van der Waals surface area contributed by atoms with Crippen LogP contribution in [0.5, 0.6) is 5.75 Å². The lowest BCUT2D eigenvalue weighted by molar-refractivity contribution is 0.198. The number of aromatic amines is 1. The molecule has 0 saturated carbocycles. The van der Waals surface area contributed by atoms with E-state index in [9.17, 15) is 5.11 Å². The third kappa shape index (κ3) is 3.97. The van der Waals surface area contributed by atoms with Gasteiger partial charge in [-0.15, -0.1) is 0 Å². The van der Waals surface area contributed by atoms with Crippen LogP contribution in [0.25, 0.3) is 11.0 Å². The van der Waals surface area contributed by atoms with Gasteiger partial charge in [-0.05, 0) is 45.0 Å². The normalized spacial score (nSPS) is 13.1. The maximum Gasteiger partial charge on any atom is 0.124 e. The lowest BCUT2D eigenvalue weighted by atomic mass is 10.2. The van der Waals surface area contributed by atoms with Crippen LogP contribution in [0.3, 0.4) is 0 Å². The molecule has 0 saturated heterocycles. The van der Waals surface area contributed by atoms with Crippen LogP contribution in [0, 0.1) is 0 Å². The minimum Gasteiger partial charge on any atom is -0.508 e. The van der Waals surface area contributed by atoms with Crippen LogP contribution in [-0.4, -0.2) is 33.1 Å². The van der Waals surface area contributed by atoms with E-state index >= 15 is 0 Å². The van der Waals surface area contributed by atoms with Crippen LogP contribution in [0.15, 0.2) is 18.2 Å². The number of phenols is 1. The van der Waals surface area contributed by atoms with Gasteiger partial charge in [-0.1, -0.05) is 26.7 Å². The summed E-state index contributed by atoms with van der Waals surface area (Å²) in [6.45, 7) is 8.89. The SMILES string of the molecule is CCCCN(CCCC)C(C)c1nc2ccc(O)cc2[nH]1. The number of aromatic nitrogens is 2. The minimum atomic E-state index is 0.276. The van der Waals surface area contributed by atoms with Crippen molar-refractivity contribution in [3.05, 3.63) is 24.0 Å². The number of aromatic hydroxyl groups is 1. The molecule has 0 aliphatic rings. The van der Waals surface area contributed by atoms with Gasteiger partial charge in [0.05, 0.1) is 17.1 Å². The number of fused-ring (bicyclic) bond motifs is 1. The predicted molar refractivity (Wildman–Crippen MR) is 87.6 cm³/mol. The molecular formula is C17H27N3O. The molecule has 1 unspecified atom stereocenters. The Labute approximate surface area is 127 Å². The molecular weight excluding hydrogens is 262 g/mol. The molecule has 1 aromatic heterocycles. The Morgan fingerprint density at radius 1 is 1.19 bits per heavy atom. The molecule has 1 aromatic carbocycles. The van der Waals surface area contributed by atoms with E-state index in [0.717, 1.165) is 29.9 Å². The molecule has 1 atom stereocenters. The van der Waals surface area contributed by atoms with E-state index in [4.69, 9.17) is 0 Å². The Kier molecular flexibility index (Phi) is 5.62. The number of hydrogen-bond acceptors (Lipinski definition) is 3. The van der Waals surface area contributed by atoms with Crippen molar-refractivity contribution >= 4 is 11.0 Å². The first-order valence-corrected chi connectivity index (χ1v) is 8.08. The van der Waals surface area contributed by atoms with E-state index in [1.807, 2.05) is 6.07 Å². The van der Waals surface area contributed by atoms with Crippen LogP contribution in [0.2, 0.25) is 0 Å². The highest BCUT2D eigenvalue weighted by molar-refractivity contribution is 5.76. The average molecular weight is 289 g/mol. The van der Waals surface area contributed by atoms with Crippen molar-refractivity contribution < 1.29 is 5.11 Å². The van der Waals surface area contributed by atoms with Crippen molar-refractivity contribution in [3.8, 4) is 5.75 Å². The number of benzene rings is 1. The Morgan fingerprint density at radius 2 is 1.86 bits per heavy atom. The van der Waals surface area contributed by atoms with E-state index in [2.05, 4.69) is 35.6 Å². The van der Waals surface area contributed by atoms with Crippen molar-refractivity contribution in [2.45, 2.75) is 52.5 Å². The lowest BCUT2D eigenvalue weighted by Crippen LogP contribution is -2.29. The van der Waals surface area contributed by atoms with Gasteiger partial charge >= 0.3 is 0 Å². The number of imidazole rings is 1. The van der Waals surface area contributed by atoms with Crippen molar-refractivity contribution in [3.63, 3.8) is 0 Å². The summed E-state index contributed by atoms with van der Waals surface area (Å²) < 4.78 is 0. The van der Waals surface area contributed by atoms with Crippen LogP contribution < -0.4 is 0 Å². The monoisotopic (exact) mass is 289 g/mol. The van der Waals surface area contributed by atoms with Gasteiger partial charge in [0.1, 0.15) is 11.6 Å². The first-order chi connectivity index (χ1) is 10.2. The molecule has 1 heterocycles. The zero-order chi connectivity index (χ0) is 15.2. The number of nitrogens with zero attached hydrogens (tertiary/aromatic N) is 2. The summed E-state index contributed by atoms with van der Waals surface area (Å²) in [5.41, 5.74) is 1.82. The van der Waals surface area contributed by atoms with Gasteiger partial charge in [-0.3, -0.25) is 4.90 Å². The number of unbranched alkanes of at least 4 members (excludes halogenated alkanes) is 2. The molecule has 0 aliphatic carbocycles. The first-order valence-electron chi connectivity index (χ1n) is 8.08. The number of H-pyrrole nitrogens is 1. The maximum absolute atomic E-state index is 9.56. The zero-order valence-electron chi connectivity index (χ0n) is 13.4. The van der Waals surface area contributed by atoms with Gasteiger partial charge in [0.2, 0.25) is 0 Å². The quantitative estimate of drug-likeness (QED) is 0.764. The fraction of sp³-hybridized carbons (Fsp3) is 0.588. The zero-order valence-corrected chi connectivity index (χ0v) is 13.4. The van der Waals surface area contributed by atoms with E-state index in [-0.39, 0.29) is 11.8 Å². The van der Waals surface area contributed by atoms with Crippen molar-refractivity contribution in [1.82, 2.24) is 14.9 Å². The topological polar surface area (TPSA) is 52.1 Å². The molecule has 0 radical (unpaired) electrons. The van der Waals surface area contributed by atoms with Gasteiger partial charge in [0.25, 0.3) is 0 Å². The van der Waals surface area contributed by atoms with Gasteiger partial charge in [-0.2, -0.15) is 0 Å². The third-order valence-corrected chi connectivity index (χ3v) is 4.02. The third-order valence-electron chi connectivity index (χ3n) is 4.02. The molecule has 2 N–H and O–H groups in total. The highest BCUT2D eigenvalue weighted by Gasteiger charge is 2.18. The second-order valence-electron chi connectivity index (χ2n) is 5.74. The molecule has 0 aliphatic heterocycles. The van der Waals surface area contributed by atoms with Gasteiger partial charge in [0, 0.05) is 6.07 Å². The molecule has 0 spiro atoms. The van der Waals surface area contributed by atoms with E-state index in [0.29, 0.717) is 0 Å². The predicted octanol–water partition coefficient (Wildman–Crippen LogP) is 4.23. The Balaban J connectivity index is 2.17. The highest BCUT2D eigenvalue weighted by Crippen LogP contribution is 2.24. The van der Waals surface area contributed by atoms with E-state index in [1.165, 1.54) is 25.7 Å². The van der Waals surface area contributed by atoms with Gasteiger partial charge in [0.15, 0.2) is 0 Å². The van der Waals surface area contributed by atoms with Crippen molar-refractivity contribution in [1.29, 1.82) is 0 Å². The van der Waals surface area contributed by atoms with E-state index in [1.54, 1.807) is 12.1 Å². The largest absolute Gasteiger partial charge is 0.508 e. The van der Waals surface area contributed by atoms with E-state index < -0.39 is 0 Å². The lowest BCUT2D eigenvalue weighted by Gasteiger charge is -2.27. The van der Waals surface area contributed by atoms with Gasteiger partial charge < -0.3 is 10.1 Å². The molecule has 4 heteroatoms. The summed E-state index contributed by atoms with van der Waals surface area (Å²) in [5.74, 6) is 1.27. The van der Waals surface area contributed by atoms with Crippen molar-refractivity contribution in [2.75, 3.05) is 13.1 Å². The van der Waals surface area contributed by atoms with Crippen LogP contribution >= 0.6 is 0 Å². The molecule has 2 rings (SSSR count). The first kappa shape index (κ1) is 15.8. The molecule has 0 amide bonds. The molecule has 116 valence electrons. The smallest absolute Gasteiger partial charge is 0.124 e. The highest BCUT2D eigenvalue weighted by atomic mass is 16.3. The number of nitrogens with one attached hydrogen (secondary N) is 1. The summed E-state index contributed by atoms with van der Waals surface area (Å²) in [6, 6.07) is 5.56. The molecule has 0 bridgehead atoms. The summed E-state index contributed by atoms with van der Waals surface area (Å²) in [5, 5.41) is 9.56. The summed E-state index contributed by atoms with van der Waals surface area (Å²) in [4.78, 5) is 10.5. The Hall–Kier alpha value is -1.55. The molecule has 0 fully saturated rings. The van der Waals surface area contributed by atoms with Crippen LogP contribution in [0.4, 0.5) is 0 Å².